The van der Waals surface area contributed by atoms with Crippen molar-refractivity contribution in [3.05, 3.63) is 41.1 Å². The van der Waals surface area contributed by atoms with E-state index >= 15 is 0 Å². The van der Waals surface area contributed by atoms with Crippen molar-refractivity contribution in [3.63, 3.8) is 0 Å². The van der Waals surface area contributed by atoms with Crippen LogP contribution in [-0.2, 0) is 17.1 Å². The summed E-state index contributed by atoms with van der Waals surface area (Å²) in [5.74, 6) is -0.657. The van der Waals surface area contributed by atoms with Gasteiger partial charge in [-0.25, -0.2) is 9.37 Å². The number of hydrogen-bond acceptors (Lipinski definition) is 3. The average molecular weight is 304 g/mol. The molecule has 0 atom stereocenters. The number of hydrogen-bond donors (Lipinski definition) is 1. The van der Waals surface area contributed by atoms with Crippen LogP contribution < -0.4 is 4.72 Å². The first-order valence-electron chi connectivity index (χ1n) is 5.27. The molecule has 1 N–H and O–H groups in total. The van der Waals surface area contributed by atoms with Crippen molar-refractivity contribution >= 4 is 27.3 Å². The quantitative estimate of drug-likeness (QED) is 0.946. The van der Waals surface area contributed by atoms with E-state index in [4.69, 9.17) is 11.6 Å². The van der Waals surface area contributed by atoms with E-state index in [0.29, 0.717) is 5.56 Å². The molecule has 0 radical (unpaired) electrons. The van der Waals surface area contributed by atoms with E-state index in [2.05, 4.69) is 9.71 Å². The highest BCUT2D eigenvalue weighted by Crippen LogP contribution is 2.25. The lowest BCUT2D eigenvalue weighted by Gasteiger charge is -2.10. The zero-order chi connectivity index (χ0) is 14.2. The molecule has 0 saturated carbocycles. The van der Waals surface area contributed by atoms with Gasteiger partial charge in [0.2, 0.25) is 5.03 Å². The molecular formula is C11H11ClFN3O2S. The molecule has 0 fully saturated rings. The van der Waals surface area contributed by atoms with Gasteiger partial charge in [-0.2, -0.15) is 8.42 Å². The van der Waals surface area contributed by atoms with Crippen molar-refractivity contribution < 1.29 is 12.8 Å². The van der Waals surface area contributed by atoms with Crippen molar-refractivity contribution in [2.45, 2.75) is 11.9 Å². The maximum absolute atomic E-state index is 13.6. The van der Waals surface area contributed by atoms with Crippen LogP contribution >= 0.6 is 11.6 Å². The summed E-state index contributed by atoms with van der Waals surface area (Å²) in [6.45, 7) is 1.60. The van der Waals surface area contributed by atoms with E-state index in [9.17, 15) is 12.8 Å². The highest BCUT2D eigenvalue weighted by Gasteiger charge is 2.24. The fourth-order valence-corrected chi connectivity index (χ4v) is 3.09. The van der Waals surface area contributed by atoms with Crippen molar-refractivity contribution in [2.24, 2.45) is 7.05 Å². The van der Waals surface area contributed by atoms with Crippen LogP contribution in [-0.4, -0.2) is 18.0 Å². The summed E-state index contributed by atoms with van der Waals surface area (Å²) < 4.78 is 41.3. The van der Waals surface area contributed by atoms with Crippen LogP contribution in [0.5, 0.6) is 0 Å². The van der Waals surface area contributed by atoms with E-state index in [1.165, 1.54) is 23.0 Å². The second kappa shape index (κ2) is 4.82. The van der Waals surface area contributed by atoms with E-state index < -0.39 is 15.8 Å². The van der Waals surface area contributed by atoms with Crippen LogP contribution in [0.4, 0.5) is 10.1 Å². The van der Waals surface area contributed by atoms with Crippen molar-refractivity contribution in [3.8, 4) is 0 Å². The van der Waals surface area contributed by atoms with E-state index in [1.807, 2.05) is 0 Å². The Bertz CT molecular complexity index is 707. The van der Waals surface area contributed by atoms with Gasteiger partial charge in [0.25, 0.3) is 10.0 Å². The first-order chi connectivity index (χ1) is 8.83. The number of aryl methyl sites for hydroxylation is 2. The van der Waals surface area contributed by atoms with Crippen LogP contribution in [0.15, 0.2) is 29.6 Å². The maximum Gasteiger partial charge on any atom is 0.282 e. The van der Waals surface area contributed by atoms with E-state index in [1.54, 1.807) is 20.0 Å². The minimum absolute atomic E-state index is 0.0403. The molecule has 8 heteroatoms. The molecule has 19 heavy (non-hydrogen) atoms. The molecule has 0 aliphatic carbocycles. The van der Waals surface area contributed by atoms with Gasteiger partial charge in [0.1, 0.15) is 11.0 Å². The Morgan fingerprint density at radius 2 is 2.11 bits per heavy atom. The Morgan fingerprint density at radius 3 is 2.63 bits per heavy atom. The normalized spacial score (nSPS) is 11.6. The summed E-state index contributed by atoms with van der Waals surface area (Å²) in [5, 5.41) is -0.374. The predicted octanol–water partition coefficient (Wildman–Crippen LogP) is 2.32. The minimum atomic E-state index is -4.02. The van der Waals surface area contributed by atoms with Gasteiger partial charge in [0.05, 0.1) is 12.0 Å². The first kappa shape index (κ1) is 13.8. The van der Waals surface area contributed by atoms with Gasteiger partial charge in [-0.05, 0) is 18.6 Å². The van der Waals surface area contributed by atoms with Crippen LogP contribution in [0.2, 0.25) is 5.15 Å². The fourth-order valence-electron chi connectivity index (χ4n) is 1.52. The SMILES string of the molecule is Cc1cccc(F)c1NS(=O)(=O)c1ncn(C)c1Cl. The zero-order valence-electron chi connectivity index (χ0n) is 10.2. The van der Waals surface area contributed by atoms with Gasteiger partial charge in [-0.1, -0.05) is 23.7 Å². The third-order valence-electron chi connectivity index (χ3n) is 2.55. The Morgan fingerprint density at radius 1 is 1.42 bits per heavy atom. The molecule has 1 heterocycles. The molecular weight excluding hydrogens is 293 g/mol. The lowest BCUT2D eigenvalue weighted by Crippen LogP contribution is -2.16. The Kier molecular flexibility index (Phi) is 3.51. The first-order valence-corrected chi connectivity index (χ1v) is 7.14. The van der Waals surface area contributed by atoms with Gasteiger partial charge in [-0.15, -0.1) is 0 Å². The lowest BCUT2D eigenvalue weighted by atomic mass is 10.2. The van der Waals surface area contributed by atoms with Crippen LogP contribution in [0.25, 0.3) is 0 Å². The molecule has 2 aromatic rings. The zero-order valence-corrected chi connectivity index (χ0v) is 11.8. The van der Waals surface area contributed by atoms with Crippen molar-refractivity contribution in [2.75, 3.05) is 4.72 Å². The number of sulfonamides is 1. The molecule has 0 bridgehead atoms. The molecule has 0 spiro atoms. The molecule has 2 rings (SSSR count). The van der Waals surface area contributed by atoms with Gasteiger partial charge < -0.3 is 4.57 Å². The Hall–Kier alpha value is -1.60. The lowest BCUT2D eigenvalue weighted by molar-refractivity contribution is 0.595. The summed E-state index contributed by atoms with van der Waals surface area (Å²) >= 11 is 5.83. The van der Waals surface area contributed by atoms with Crippen LogP contribution in [0, 0.1) is 12.7 Å². The number of aromatic nitrogens is 2. The minimum Gasteiger partial charge on any atom is -0.324 e. The molecule has 0 saturated heterocycles. The monoisotopic (exact) mass is 303 g/mol. The van der Waals surface area contributed by atoms with Gasteiger partial charge >= 0.3 is 0 Å². The number of imidazole rings is 1. The number of para-hydroxylation sites is 1. The standard InChI is InChI=1S/C11H11ClFN3O2S/c1-7-4-3-5-8(13)9(7)15-19(17,18)11-10(12)16(2)6-14-11/h3-6,15H,1-2H3. The molecule has 102 valence electrons. The summed E-state index contributed by atoms with van der Waals surface area (Å²) in [4.78, 5) is 3.70. The Balaban J connectivity index is 2.46. The number of anilines is 1. The van der Waals surface area contributed by atoms with E-state index in [0.717, 1.165) is 0 Å². The molecule has 0 amide bonds. The number of rotatable bonds is 3. The summed E-state index contributed by atoms with van der Waals surface area (Å²) in [5.41, 5.74) is 0.361. The summed E-state index contributed by atoms with van der Waals surface area (Å²) in [6, 6.07) is 4.27. The molecule has 5 nitrogen and oxygen atoms in total. The number of benzene rings is 1. The second-order valence-corrected chi connectivity index (χ2v) is 5.94. The molecule has 1 aromatic heterocycles. The van der Waals surface area contributed by atoms with Crippen LogP contribution in [0.1, 0.15) is 5.56 Å². The molecule has 0 unspecified atom stereocenters. The largest absolute Gasteiger partial charge is 0.324 e. The molecule has 1 aromatic carbocycles. The third-order valence-corrected chi connectivity index (χ3v) is 4.39. The van der Waals surface area contributed by atoms with Crippen molar-refractivity contribution in [1.29, 1.82) is 0 Å². The average Bonchev–Trinajstić information content (AvgIpc) is 2.66. The molecule has 0 aliphatic rings. The smallest absolute Gasteiger partial charge is 0.282 e. The van der Waals surface area contributed by atoms with Crippen LogP contribution in [0.3, 0.4) is 0 Å². The predicted molar refractivity (Wildman–Crippen MR) is 70.2 cm³/mol. The number of nitrogens with zero attached hydrogens (tertiary/aromatic N) is 2. The highest BCUT2D eigenvalue weighted by molar-refractivity contribution is 7.92. The fraction of sp³-hybridized carbons (Fsp3) is 0.182. The topological polar surface area (TPSA) is 64.0 Å². The highest BCUT2D eigenvalue weighted by atomic mass is 35.5. The Labute approximate surface area is 115 Å². The van der Waals surface area contributed by atoms with Gasteiger partial charge in [0.15, 0.2) is 0 Å². The molecule has 0 aliphatic heterocycles. The maximum atomic E-state index is 13.6. The third kappa shape index (κ3) is 2.57. The van der Waals surface area contributed by atoms with Gasteiger partial charge in [-0.3, -0.25) is 4.72 Å². The van der Waals surface area contributed by atoms with Crippen molar-refractivity contribution in [1.82, 2.24) is 9.55 Å². The van der Waals surface area contributed by atoms with E-state index in [-0.39, 0.29) is 15.9 Å². The second-order valence-electron chi connectivity index (χ2n) is 3.99. The summed E-state index contributed by atoms with van der Waals surface area (Å²) in [7, 11) is -2.46. The number of nitrogens with one attached hydrogen (secondary N) is 1. The van der Waals surface area contributed by atoms with Gasteiger partial charge in [0, 0.05) is 7.05 Å². The summed E-state index contributed by atoms with van der Waals surface area (Å²) in [6.07, 6.45) is 1.27. The number of halogens is 2.